The quantitative estimate of drug-likeness (QED) is 0.178. The molecule has 0 radical (unpaired) electrons. The molecule has 16 nitrogen and oxygen atoms in total. The number of likely N-dealkylation sites (N-methyl/N-ethyl adjacent to an activating group) is 2. The summed E-state index contributed by atoms with van der Waals surface area (Å²) in [6.07, 6.45) is -1.19. The number of fused-ring (bicyclic) bond motifs is 1. The van der Waals surface area contributed by atoms with Crippen LogP contribution in [0.1, 0.15) is 112 Å². The summed E-state index contributed by atoms with van der Waals surface area (Å²) < 4.78 is 6.07. The first-order valence-corrected chi connectivity index (χ1v) is 21.9. The second-order valence-corrected chi connectivity index (χ2v) is 18.5. The van der Waals surface area contributed by atoms with Crippen LogP contribution in [-0.4, -0.2) is 131 Å². The molecule has 9 atom stereocenters. The van der Waals surface area contributed by atoms with Gasteiger partial charge in [-0.3, -0.25) is 28.8 Å². The molecule has 2 aliphatic rings. The van der Waals surface area contributed by atoms with E-state index < -0.39 is 102 Å². The van der Waals surface area contributed by atoms with E-state index in [4.69, 9.17) is 4.74 Å². The molecule has 6 amide bonds. The molecule has 6 N–H and O–H groups in total. The fourth-order valence-corrected chi connectivity index (χ4v) is 7.94. The van der Waals surface area contributed by atoms with Gasteiger partial charge in [-0.2, -0.15) is 0 Å². The number of esters is 1. The highest BCUT2D eigenvalue weighted by atomic mass is 16.5. The van der Waals surface area contributed by atoms with Crippen LogP contribution in [-0.2, 0) is 44.7 Å². The summed E-state index contributed by atoms with van der Waals surface area (Å²) in [6, 6.07) is 1.10. The lowest BCUT2D eigenvalue weighted by Gasteiger charge is -2.35. The number of hydrogen-bond donors (Lipinski definition) is 6. The zero-order valence-corrected chi connectivity index (χ0v) is 38.4. The zero-order chi connectivity index (χ0) is 45.9. The predicted octanol–water partition coefficient (Wildman–Crippen LogP) is 2.13. The van der Waals surface area contributed by atoms with Gasteiger partial charge in [0.25, 0.3) is 0 Å². The van der Waals surface area contributed by atoms with Crippen molar-refractivity contribution in [1.29, 1.82) is 0 Å². The number of carbonyl (C=O) groups is 7. The van der Waals surface area contributed by atoms with Crippen molar-refractivity contribution in [2.45, 2.75) is 168 Å². The van der Waals surface area contributed by atoms with Crippen LogP contribution in [0.25, 0.3) is 0 Å². The second kappa shape index (κ2) is 22.5. The van der Waals surface area contributed by atoms with Gasteiger partial charge >= 0.3 is 5.97 Å². The van der Waals surface area contributed by atoms with Crippen molar-refractivity contribution in [1.82, 2.24) is 36.4 Å². The van der Waals surface area contributed by atoms with Crippen molar-refractivity contribution in [3.05, 3.63) is 35.4 Å². The number of nitrogens with one attached hydrogen (secondary N) is 5. The topological polar surface area (TPSA) is 216 Å². The second-order valence-electron chi connectivity index (χ2n) is 18.5. The lowest BCUT2D eigenvalue weighted by atomic mass is 9.91. The van der Waals surface area contributed by atoms with E-state index in [0.717, 1.165) is 11.1 Å². The molecule has 0 saturated carbocycles. The third kappa shape index (κ3) is 14.0. The molecule has 0 aliphatic carbocycles. The number of amides is 6. The van der Waals surface area contributed by atoms with Crippen molar-refractivity contribution < 1.29 is 43.4 Å². The third-order valence-corrected chi connectivity index (χ3v) is 11.9. The molecular weight excluding hydrogens is 783 g/mol. The predicted molar refractivity (Wildman–Crippen MR) is 232 cm³/mol. The Morgan fingerprint density at radius 1 is 0.984 bits per heavy atom. The van der Waals surface area contributed by atoms with Crippen LogP contribution in [0.3, 0.4) is 0 Å². The van der Waals surface area contributed by atoms with E-state index in [1.165, 1.54) is 37.6 Å². The number of aliphatic hydroxyl groups excluding tert-OH is 1. The summed E-state index contributed by atoms with van der Waals surface area (Å²) in [5.74, 6) is -4.70. The summed E-state index contributed by atoms with van der Waals surface area (Å²) in [6.45, 7) is 18.0. The molecule has 0 spiro atoms. The Kier molecular flexibility index (Phi) is 18.7. The van der Waals surface area contributed by atoms with E-state index in [1.54, 1.807) is 14.0 Å². The molecular formula is C45H73N7O9. The van der Waals surface area contributed by atoms with Crippen molar-refractivity contribution in [3.63, 3.8) is 0 Å². The number of aliphatic hydroxyl groups is 1. The van der Waals surface area contributed by atoms with Gasteiger partial charge in [0.15, 0.2) is 0 Å². The summed E-state index contributed by atoms with van der Waals surface area (Å²) in [5, 5.41) is 25.7. The molecule has 61 heavy (non-hydrogen) atoms. The van der Waals surface area contributed by atoms with Crippen LogP contribution in [0.5, 0.6) is 0 Å². The maximum absolute atomic E-state index is 14.6. The first kappa shape index (κ1) is 50.8. The van der Waals surface area contributed by atoms with Crippen LogP contribution < -0.4 is 26.6 Å². The molecule has 2 fully saturated rings. The Balaban J connectivity index is 2.19. The fourth-order valence-electron chi connectivity index (χ4n) is 7.94. The van der Waals surface area contributed by atoms with Crippen molar-refractivity contribution in [3.8, 4) is 0 Å². The molecule has 0 unspecified atom stereocenters. The Bertz CT molecular complexity index is 1700. The minimum atomic E-state index is -1.54. The van der Waals surface area contributed by atoms with Gasteiger partial charge in [0.1, 0.15) is 35.8 Å². The standard InChI is InChI=1S/C45H73N7O9/c1-13-28(7)37-35(53)24-36(54)50-45(9,10)44(60)47-32(22-26(4)5)41(57)52-20-14-15-33(52)42(58)51(12)34(23-30-18-16-27(6)17-19-30)43(59)61-29(8)38(40(56)48-37)49-39(55)31(46-11)21-25(2)3/h16-19,25-26,28-29,31-35,37-38,46,53H,13-15,20-24H2,1-12H3,(H,47,60)(H,48,56)(H,49,55)(H,50,54)/t28-,29+,31+,32-,33-,34-,35-,37+,38-/m0/s1. The fraction of sp³-hybridized carbons (Fsp3) is 0.711. The van der Waals surface area contributed by atoms with Gasteiger partial charge < -0.3 is 46.2 Å². The Hall–Kier alpha value is -4.57. The third-order valence-electron chi connectivity index (χ3n) is 11.9. The summed E-state index contributed by atoms with van der Waals surface area (Å²) in [5.41, 5.74) is 0.186. The highest BCUT2D eigenvalue weighted by Crippen LogP contribution is 2.25. The highest BCUT2D eigenvalue weighted by Gasteiger charge is 2.44. The lowest BCUT2D eigenvalue weighted by Crippen LogP contribution is -2.61. The molecule has 3 rings (SSSR count). The molecule has 2 heterocycles. The summed E-state index contributed by atoms with van der Waals surface area (Å²) in [4.78, 5) is 102. The number of hydrogen-bond acceptors (Lipinski definition) is 10. The van der Waals surface area contributed by atoms with Gasteiger partial charge in [-0.25, -0.2) is 4.79 Å². The molecule has 0 bridgehead atoms. The number of cyclic esters (lactones) is 1. The molecule has 342 valence electrons. The van der Waals surface area contributed by atoms with Gasteiger partial charge in [0.2, 0.25) is 35.4 Å². The molecule has 16 heteroatoms. The summed E-state index contributed by atoms with van der Waals surface area (Å²) in [7, 11) is 3.11. The lowest BCUT2D eigenvalue weighted by molar-refractivity contribution is -0.162. The Labute approximate surface area is 362 Å². The number of aryl methyl sites for hydroxylation is 1. The van der Waals surface area contributed by atoms with Crippen molar-refractivity contribution in [2.75, 3.05) is 20.6 Å². The zero-order valence-electron chi connectivity index (χ0n) is 38.4. The number of rotatable bonds is 11. The van der Waals surface area contributed by atoms with E-state index >= 15 is 0 Å². The maximum Gasteiger partial charge on any atom is 0.329 e. The Morgan fingerprint density at radius 3 is 2.20 bits per heavy atom. The minimum absolute atomic E-state index is 0.0349. The van der Waals surface area contributed by atoms with Crippen LogP contribution in [0.4, 0.5) is 0 Å². The molecule has 2 saturated heterocycles. The van der Waals surface area contributed by atoms with Gasteiger partial charge in [0, 0.05) is 20.0 Å². The van der Waals surface area contributed by atoms with E-state index in [1.807, 2.05) is 65.8 Å². The summed E-state index contributed by atoms with van der Waals surface area (Å²) >= 11 is 0. The normalized spacial score (nSPS) is 27.4. The van der Waals surface area contributed by atoms with Gasteiger partial charge in [0.05, 0.1) is 24.6 Å². The molecule has 2 aliphatic heterocycles. The van der Waals surface area contributed by atoms with Crippen LogP contribution >= 0.6 is 0 Å². The van der Waals surface area contributed by atoms with Gasteiger partial charge in [-0.1, -0.05) is 77.8 Å². The van der Waals surface area contributed by atoms with Crippen LogP contribution in [0.2, 0.25) is 0 Å². The maximum atomic E-state index is 14.6. The number of ether oxygens (including phenoxy) is 1. The van der Waals surface area contributed by atoms with Gasteiger partial charge in [-0.05, 0) is 83.7 Å². The monoisotopic (exact) mass is 856 g/mol. The van der Waals surface area contributed by atoms with E-state index in [9.17, 15) is 38.7 Å². The van der Waals surface area contributed by atoms with E-state index in [-0.39, 0.29) is 37.1 Å². The molecule has 0 aromatic heterocycles. The number of nitrogens with zero attached hydrogens (tertiary/aromatic N) is 2. The number of benzene rings is 1. The SMILES string of the molecule is CC[C@H](C)[C@H]1NC(=O)[C@@H](NC(=O)[C@@H](CC(C)C)NC)[C@@H](C)OC(=O)[C@H](Cc2ccc(C)cc2)N(C)C(=O)[C@@H]2CCCN2C(=O)[C@H](CC(C)C)NC(=O)C(C)(C)NC(=O)C[C@@H]1O. The van der Waals surface area contributed by atoms with Crippen LogP contribution in [0.15, 0.2) is 24.3 Å². The van der Waals surface area contributed by atoms with Gasteiger partial charge in [-0.15, -0.1) is 0 Å². The first-order valence-electron chi connectivity index (χ1n) is 21.9. The first-order chi connectivity index (χ1) is 28.5. The number of carbonyl (C=O) groups excluding carboxylic acids is 7. The van der Waals surface area contributed by atoms with Crippen molar-refractivity contribution >= 4 is 41.4 Å². The Morgan fingerprint density at radius 2 is 1.62 bits per heavy atom. The van der Waals surface area contributed by atoms with Crippen molar-refractivity contribution in [2.24, 2.45) is 17.8 Å². The largest absolute Gasteiger partial charge is 0.458 e. The van der Waals surface area contributed by atoms with E-state index in [0.29, 0.717) is 25.7 Å². The average Bonchev–Trinajstić information content (AvgIpc) is 3.68. The minimum Gasteiger partial charge on any atom is -0.458 e. The highest BCUT2D eigenvalue weighted by molar-refractivity contribution is 5.97. The van der Waals surface area contributed by atoms with Crippen LogP contribution in [0, 0.1) is 24.7 Å². The van der Waals surface area contributed by atoms with E-state index in [2.05, 4.69) is 26.6 Å². The molecule has 1 aromatic rings. The smallest absolute Gasteiger partial charge is 0.329 e. The average molecular weight is 856 g/mol. The molecule has 1 aromatic carbocycles.